The van der Waals surface area contributed by atoms with Gasteiger partial charge < -0.3 is 5.32 Å². The molecule has 2 bridgehead atoms. The molecule has 124 valence electrons. The van der Waals surface area contributed by atoms with Crippen LogP contribution in [0.25, 0.3) is 0 Å². The molecule has 1 N–H and O–H groups in total. The molecule has 23 heavy (non-hydrogen) atoms. The molecular weight excluding hydrogens is 298 g/mol. The lowest BCUT2D eigenvalue weighted by Gasteiger charge is -2.28. The van der Waals surface area contributed by atoms with Gasteiger partial charge in [-0.25, -0.2) is 0 Å². The zero-order valence-corrected chi connectivity index (χ0v) is 13.1. The second kappa shape index (κ2) is 6.14. The number of aromatic nitrogens is 1. The summed E-state index contributed by atoms with van der Waals surface area (Å²) in [7, 11) is 0. The van der Waals surface area contributed by atoms with Crippen molar-refractivity contribution < 1.29 is 9.72 Å². The molecule has 0 radical (unpaired) electrons. The van der Waals surface area contributed by atoms with Crippen LogP contribution in [0.4, 0.5) is 5.69 Å². The molecule has 2 fully saturated rings. The number of rotatable bonds is 5. The number of nitro groups is 1. The maximum Gasteiger partial charge on any atom is 0.285 e. The fourth-order valence-electron chi connectivity index (χ4n) is 4.22. The molecule has 0 spiro atoms. The van der Waals surface area contributed by atoms with Crippen LogP contribution in [0.2, 0.25) is 0 Å². The van der Waals surface area contributed by atoms with Crippen molar-refractivity contribution in [1.29, 1.82) is 0 Å². The monoisotopic (exact) mass is 319 g/mol. The van der Waals surface area contributed by atoms with E-state index in [-0.39, 0.29) is 24.2 Å². The quantitative estimate of drug-likeness (QED) is 0.660. The van der Waals surface area contributed by atoms with Gasteiger partial charge in [-0.1, -0.05) is 6.42 Å². The zero-order chi connectivity index (χ0) is 16.6. The lowest BCUT2D eigenvalue weighted by Crippen LogP contribution is -2.42. The van der Waals surface area contributed by atoms with E-state index in [9.17, 15) is 19.7 Å². The molecule has 1 amide bonds. The molecule has 0 aromatic carbocycles. The Morgan fingerprint density at radius 3 is 2.83 bits per heavy atom. The van der Waals surface area contributed by atoms with Crippen molar-refractivity contribution in [2.24, 2.45) is 17.8 Å². The van der Waals surface area contributed by atoms with Gasteiger partial charge in [0.15, 0.2) is 0 Å². The van der Waals surface area contributed by atoms with Gasteiger partial charge in [0.2, 0.25) is 5.91 Å². The van der Waals surface area contributed by atoms with Crippen molar-refractivity contribution in [2.75, 3.05) is 0 Å². The van der Waals surface area contributed by atoms with Crippen LogP contribution in [0, 0.1) is 27.9 Å². The summed E-state index contributed by atoms with van der Waals surface area (Å²) in [5, 5.41) is 13.7. The first-order chi connectivity index (χ1) is 10.9. The summed E-state index contributed by atoms with van der Waals surface area (Å²) in [6.07, 6.45) is 6.12. The van der Waals surface area contributed by atoms with E-state index < -0.39 is 10.5 Å². The highest BCUT2D eigenvalue weighted by Crippen LogP contribution is 2.49. The number of carbonyl (C=O) groups is 1. The molecule has 1 aromatic rings. The molecule has 1 heterocycles. The Morgan fingerprint density at radius 1 is 1.43 bits per heavy atom. The lowest BCUT2D eigenvalue weighted by atomic mass is 9.84. The Balaban J connectivity index is 1.62. The van der Waals surface area contributed by atoms with Crippen LogP contribution in [0.15, 0.2) is 23.1 Å². The molecule has 7 heteroatoms. The van der Waals surface area contributed by atoms with Crippen molar-refractivity contribution in [3.63, 3.8) is 0 Å². The molecule has 2 aliphatic rings. The Kier molecular flexibility index (Phi) is 4.19. The summed E-state index contributed by atoms with van der Waals surface area (Å²) in [6, 6.07) is 2.34. The number of nitrogens with zero attached hydrogens (tertiary/aromatic N) is 2. The number of pyridine rings is 1. The third-order valence-corrected chi connectivity index (χ3v) is 5.32. The van der Waals surface area contributed by atoms with Gasteiger partial charge in [0.05, 0.1) is 11.1 Å². The fourth-order valence-corrected chi connectivity index (χ4v) is 4.22. The van der Waals surface area contributed by atoms with E-state index in [1.54, 1.807) is 0 Å². The number of nitrogens with one attached hydrogen (secondary N) is 1. The third-order valence-electron chi connectivity index (χ3n) is 5.32. The van der Waals surface area contributed by atoms with Gasteiger partial charge in [-0.05, 0) is 43.9 Å². The van der Waals surface area contributed by atoms with Crippen LogP contribution in [0.5, 0.6) is 0 Å². The molecular formula is C16H21N3O4. The highest BCUT2D eigenvalue weighted by molar-refractivity contribution is 5.76. The number of fused-ring (bicyclic) bond motifs is 2. The molecule has 1 aromatic heterocycles. The average molecular weight is 319 g/mol. The van der Waals surface area contributed by atoms with Gasteiger partial charge >= 0.3 is 0 Å². The van der Waals surface area contributed by atoms with Gasteiger partial charge in [0.25, 0.3) is 11.2 Å². The van der Waals surface area contributed by atoms with Gasteiger partial charge in [0, 0.05) is 18.2 Å². The molecule has 3 rings (SSSR count). The largest absolute Gasteiger partial charge is 0.352 e. The van der Waals surface area contributed by atoms with E-state index in [0.717, 1.165) is 28.8 Å². The Hall–Kier alpha value is -2.18. The summed E-state index contributed by atoms with van der Waals surface area (Å²) >= 11 is 0. The van der Waals surface area contributed by atoms with Crippen molar-refractivity contribution in [2.45, 2.75) is 45.2 Å². The van der Waals surface area contributed by atoms with E-state index >= 15 is 0 Å². The molecule has 0 aliphatic heterocycles. The second-order valence-corrected chi connectivity index (χ2v) is 6.81. The van der Waals surface area contributed by atoms with Crippen LogP contribution < -0.4 is 10.9 Å². The first-order valence-corrected chi connectivity index (χ1v) is 8.08. The van der Waals surface area contributed by atoms with Crippen LogP contribution in [0.1, 0.15) is 32.6 Å². The second-order valence-electron chi connectivity index (χ2n) is 6.81. The van der Waals surface area contributed by atoms with Crippen LogP contribution in [-0.4, -0.2) is 21.4 Å². The minimum absolute atomic E-state index is 0.0761. The minimum atomic E-state index is -0.578. The topological polar surface area (TPSA) is 94.2 Å². The van der Waals surface area contributed by atoms with Crippen molar-refractivity contribution in [3.05, 3.63) is 38.8 Å². The number of hydrogen-bond acceptors (Lipinski definition) is 4. The first kappa shape index (κ1) is 15.7. The minimum Gasteiger partial charge on any atom is -0.352 e. The SMILES string of the molecule is C[C@@H](NC(=O)Cn1cc([N+](=O)[O-])ccc1=O)[C@@H]1C[C@@H]2CC[C@@H]1C2. The van der Waals surface area contributed by atoms with Crippen LogP contribution >= 0.6 is 0 Å². The maximum absolute atomic E-state index is 12.2. The van der Waals surface area contributed by atoms with Crippen molar-refractivity contribution >= 4 is 11.6 Å². The summed E-state index contributed by atoms with van der Waals surface area (Å²) in [6.45, 7) is 1.82. The molecule has 4 atom stereocenters. The smallest absolute Gasteiger partial charge is 0.285 e. The summed E-state index contributed by atoms with van der Waals surface area (Å²) in [5.74, 6) is 1.75. The van der Waals surface area contributed by atoms with Crippen molar-refractivity contribution in [3.8, 4) is 0 Å². The Bertz CT molecular complexity index is 684. The Morgan fingerprint density at radius 2 is 2.22 bits per heavy atom. The highest BCUT2D eigenvalue weighted by Gasteiger charge is 2.42. The van der Waals surface area contributed by atoms with Gasteiger partial charge in [-0.15, -0.1) is 0 Å². The summed E-state index contributed by atoms with van der Waals surface area (Å²) in [5.41, 5.74) is -0.614. The molecule has 2 aliphatic carbocycles. The fraction of sp³-hybridized carbons (Fsp3) is 0.625. The molecule has 2 saturated carbocycles. The number of carbonyl (C=O) groups excluding carboxylic acids is 1. The summed E-state index contributed by atoms with van der Waals surface area (Å²) < 4.78 is 1.08. The Labute approximate surface area is 133 Å². The molecule has 7 nitrogen and oxygen atoms in total. The van der Waals surface area contributed by atoms with E-state index in [2.05, 4.69) is 5.32 Å². The summed E-state index contributed by atoms with van der Waals surface area (Å²) in [4.78, 5) is 34.1. The van der Waals surface area contributed by atoms with Gasteiger partial charge in [-0.2, -0.15) is 0 Å². The maximum atomic E-state index is 12.2. The standard InChI is InChI=1S/C16H21N3O4/c1-10(14-7-11-2-3-12(14)6-11)17-15(20)9-18-8-13(19(22)23)4-5-16(18)21/h4-5,8,10-12,14H,2-3,6-7,9H2,1H3,(H,17,20)/t10-,11-,12-,14+/m1/s1. The first-order valence-electron chi connectivity index (χ1n) is 8.08. The van der Waals surface area contributed by atoms with E-state index in [4.69, 9.17) is 0 Å². The number of amides is 1. The predicted molar refractivity (Wildman–Crippen MR) is 83.9 cm³/mol. The van der Waals surface area contributed by atoms with Crippen LogP contribution in [0.3, 0.4) is 0 Å². The lowest BCUT2D eigenvalue weighted by molar-refractivity contribution is -0.385. The van der Waals surface area contributed by atoms with Crippen LogP contribution in [-0.2, 0) is 11.3 Å². The van der Waals surface area contributed by atoms with E-state index in [1.807, 2.05) is 6.92 Å². The van der Waals surface area contributed by atoms with Gasteiger partial charge in [-0.3, -0.25) is 24.3 Å². The highest BCUT2D eigenvalue weighted by atomic mass is 16.6. The van der Waals surface area contributed by atoms with Gasteiger partial charge in [0.1, 0.15) is 6.54 Å². The third kappa shape index (κ3) is 3.28. The predicted octanol–water partition coefficient (Wildman–Crippen LogP) is 1.70. The van der Waals surface area contributed by atoms with E-state index in [1.165, 1.54) is 25.7 Å². The average Bonchev–Trinajstić information content (AvgIpc) is 3.12. The number of hydrogen-bond donors (Lipinski definition) is 1. The zero-order valence-electron chi connectivity index (χ0n) is 13.1. The van der Waals surface area contributed by atoms with Crippen molar-refractivity contribution in [1.82, 2.24) is 9.88 Å². The molecule has 0 saturated heterocycles. The molecule has 0 unspecified atom stereocenters. The van der Waals surface area contributed by atoms with E-state index in [0.29, 0.717) is 11.8 Å². The normalized spacial score (nSPS) is 26.9.